The Kier molecular flexibility index (Phi) is 5.92. The van der Waals surface area contributed by atoms with E-state index >= 15 is 0 Å². The Labute approximate surface area is 139 Å². The molecule has 1 N–H and O–H groups in total. The third-order valence-electron chi connectivity index (χ3n) is 3.06. The summed E-state index contributed by atoms with van der Waals surface area (Å²) in [6, 6.07) is 15.2. The first-order valence-electron chi connectivity index (χ1n) is 7.33. The van der Waals surface area contributed by atoms with Gasteiger partial charge in [-0.3, -0.25) is 4.79 Å². The molecule has 1 amide bonds. The lowest BCUT2D eigenvalue weighted by Crippen LogP contribution is -2.22. The van der Waals surface area contributed by atoms with Crippen molar-refractivity contribution in [2.45, 2.75) is 6.92 Å². The Morgan fingerprint density at radius 3 is 2.58 bits per heavy atom. The van der Waals surface area contributed by atoms with Gasteiger partial charge in [0.15, 0.2) is 6.61 Å². The Hall–Kier alpha value is -3.33. The molecule has 0 saturated heterocycles. The lowest BCUT2D eigenvalue weighted by atomic mass is 10.2. The van der Waals surface area contributed by atoms with Gasteiger partial charge in [0, 0.05) is 0 Å². The van der Waals surface area contributed by atoms with Gasteiger partial charge >= 0.3 is 5.97 Å². The first-order chi connectivity index (χ1) is 11.7. The number of nitriles is 1. The third-order valence-corrected chi connectivity index (χ3v) is 3.06. The fraction of sp³-hybridized carbons (Fsp3) is 0.167. The predicted molar refractivity (Wildman–Crippen MR) is 87.7 cm³/mol. The summed E-state index contributed by atoms with van der Waals surface area (Å²) in [7, 11) is 0. The number of rotatable bonds is 6. The molecule has 0 saturated carbocycles. The molecule has 2 aromatic rings. The molecule has 0 heterocycles. The van der Waals surface area contributed by atoms with Crippen LogP contribution in [0.25, 0.3) is 0 Å². The second-order valence-corrected chi connectivity index (χ2v) is 4.71. The zero-order chi connectivity index (χ0) is 17.4. The van der Waals surface area contributed by atoms with Crippen molar-refractivity contribution in [3.05, 3.63) is 59.7 Å². The highest BCUT2D eigenvalue weighted by Gasteiger charge is 2.14. The minimum absolute atomic E-state index is 0.245. The molecule has 6 heteroatoms. The van der Waals surface area contributed by atoms with E-state index in [2.05, 4.69) is 5.32 Å². The van der Waals surface area contributed by atoms with Gasteiger partial charge in [0.2, 0.25) is 0 Å². The molecule has 6 nitrogen and oxygen atoms in total. The number of carbonyl (C=O) groups is 2. The molecule has 122 valence electrons. The van der Waals surface area contributed by atoms with Crippen molar-refractivity contribution in [2.24, 2.45) is 0 Å². The molecule has 0 atom stereocenters. The quantitative estimate of drug-likeness (QED) is 0.825. The van der Waals surface area contributed by atoms with Crippen LogP contribution in [0.1, 0.15) is 22.8 Å². The van der Waals surface area contributed by atoms with Crippen LogP contribution in [-0.4, -0.2) is 25.1 Å². The van der Waals surface area contributed by atoms with Crippen LogP contribution in [-0.2, 0) is 9.53 Å². The van der Waals surface area contributed by atoms with E-state index in [0.29, 0.717) is 17.0 Å². The van der Waals surface area contributed by atoms with E-state index in [1.165, 1.54) is 0 Å². The predicted octanol–water partition coefficient (Wildman–Crippen LogP) is 2.75. The number of esters is 1. The van der Waals surface area contributed by atoms with Gasteiger partial charge in [-0.1, -0.05) is 24.3 Å². The van der Waals surface area contributed by atoms with Crippen molar-refractivity contribution < 1.29 is 19.1 Å². The number of para-hydroxylation sites is 2. The van der Waals surface area contributed by atoms with Gasteiger partial charge in [-0.25, -0.2) is 4.79 Å². The van der Waals surface area contributed by atoms with Crippen molar-refractivity contribution in [3.8, 4) is 11.8 Å². The van der Waals surface area contributed by atoms with Crippen LogP contribution in [0.4, 0.5) is 5.69 Å². The molecular weight excluding hydrogens is 308 g/mol. The summed E-state index contributed by atoms with van der Waals surface area (Å²) >= 11 is 0. The monoisotopic (exact) mass is 324 g/mol. The van der Waals surface area contributed by atoms with E-state index in [9.17, 15) is 9.59 Å². The van der Waals surface area contributed by atoms with Gasteiger partial charge in [-0.2, -0.15) is 5.26 Å². The van der Waals surface area contributed by atoms with Crippen molar-refractivity contribution in [2.75, 3.05) is 18.5 Å². The molecule has 0 aliphatic carbocycles. The second-order valence-electron chi connectivity index (χ2n) is 4.71. The van der Waals surface area contributed by atoms with Gasteiger partial charge in [0.1, 0.15) is 11.8 Å². The van der Waals surface area contributed by atoms with Crippen LogP contribution in [0.3, 0.4) is 0 Å². The molecule has 24 heavy (non-hydrogen) atoms. The number of hydrogen-bond acceptors (Lipinski definition) is 5. The van der Waals surface area contributed by atoms with Crippen molar-refractivity contribution >= 4 is 17.6 Å². The summed E-state index contributed by atoms with van der Waals surface area (Å²) in [5, 5.41) is 11.6. The highest BCUT2D eigenvalue weighted by Crippen LogP contribution is 2.18. The van der Waals surface area contributed by atoms with E-state index in [0.717, 1.165) is 0 Å². The van der Waals surface area contributed by atoms with Crippen LogP contribution in [0.2, 0.25) is 0 Å². The summed E-state index contributed by atoms with van der Waals surface area (Å²) < 4.78 is 10.3. The fourth-order valence-electron chi connectivity index (χ4n) is 1.99. The molecule has 0 fully saturated rings. The molecule has 0 aromatic heterocycles. The maximum Gasteiger partial charge on any atom is 0.340 e. The second kappa shape index (κ2) is 8.34. The van der Waals surface area contributed by atoms with Gasteiger partial charge in [-0.05, 0) is 31.2 Å². The molecule has 0 unspecified atom stereocenters. The number of hydrogen-bond donors (Lipinski definition) is 1. The van der Waals surface area contributed by atoms with Crippen LogP contribution in [0.5, 0.6) is 5.75 Å². The van der Waals surface area contributed by atoms with Crippen LogP contribution in [0.15, 0.2) is 48.5 Å². The minimum Gasteiger partial charge on any atom is -0.482 e. The van der Waals surface area contributed by atoms with E-state index in [1.54, 1.807) is 55.5 Å². The van der Waals surface area contributed by atoms with Crippen LogP contribution in [0, 0.1) is 11.3 Å². The molecule has 0 aliphatic rings. The van der Waals surface area contributed by atoms with Crippen LogP contribution >= 0.6 is 0 Å². The molecule has 0 bridgehead atoms. The standard InChI is InChI=1S/C18H16N2O4/c1-2-23-18(22)14-8-4-5-9-15(14)20-17(21)12-24-16-10-6-3-7-13(16)11-19/h3-10H,2,12H2,1H3,(H,20,21). The zero-order valence-corrected chi connectivity index (χ0v) is 13.1. The zero-order valence-electron chi connectivity index (χ0n) is 13.1. The maximum atomic E-state index is 12.0. The summed E-state index contributed by atoms with van der Waals surface area (Å²) in [4.78, 5) is 23.9. The van der Waals surface area contributed by atoms with Gasteiger partial charge in [0.05, 0.1) is 23.4 Å². The van der Waals surface area contributed by atoms with Gasteiger partial charge < -0.3 is 14.8 Å². The molecule has 0 radical (unpaired) electrons. The Bertz CT molecular complexity index is 781. The SMILES string of the molecule is CCOC(=O)c1ccccc1NC(=O)COc1ccccc1C#N. The number of carbonyl (C=O) groups excluding carboxylic acids is 2. The molecule has 0 aliphatic heterocycles. The number of benzene rings is 2. The number of ether oxygens (including phenoxy) is 2. The summed E-state index contributed by atoms with van der Waals surface area (Å²) in [6.07, 6.45) is 0. The molecular formula is C18H16N2O4. The topological polar surface area (TPSA) is 88.4 Å². The summed E-state index contributed by atoms with van der Waals surface area (Å²) in [6.45, 7) is 1.67. The van der Waals surface area contributed by atoms with E-state index in [1.807, 2.05) is 6.07 Å². The summed E-state index contributed by atoms with van der Waals surface area (Å²) in [5.74, 6) is -0.627. The normalized spacial score (nSPS) is 9.67. The third kappa shape index (κ3) is 4.34. The number of nitrogens with one attached hydrogen (secondary N) is 1. The van der Waals surface area contributed by atoms with Crippen molar-refractivity contribution in [1.29, 1.82) is 5.26 Å². The maximum absolute atomic E-state index is 12.0. The van der Waals surface area contributed by atoms with Gasteiger partial charge in [-0.15, -0.1) is 0 Å². The Balaban J connectivity index is 2.03. The Morgan fingerprint density at radius 2 is 1.83 bits per heavy atom. The van der Waals surface area contributed by atoms with E-state index in [4.69, 9.17) is 14.7 Å². The summed E-state index contributed by atoms with van der Waals surface area (Å²) in [5.41, 5.74) is 0.959. The highest BCUT2D eigenvalue weighted by atomic mass is 16.5. The minimum atomic E-state index is -0.510. The fourth-order valence-corrected chi connectivity index (χ4v) is 1.99. The van der Waals surface area contributed by atoms with E-state index in [-0.39, 0.29) is 18.8 Å². The lowest BCUT2D eigenvalue weighted by molar-refractivity contribution is -0.118. The van der Waals surface area contributed by atoms with Crippen LogP contribution < -0.4 is 10.1 Å². The number of amides is 1. The van der Waals surface area contributed by atoms with Crippen molar-refractivity contribution in [3.63, 3.8) is 0 Å². The first kappa shape index (κ1) is 17.0. The first-order valence-corrected chi connectivity index (χ1v) is 7.33. The van der Waals surface area contributed by atoms with Crippen molar-refractivity contribution in [1.82, 2.24) is 0 Å². The lowest BCUT2D eigenvalue weighted by Gasteiger charge is -2.11. The Morgan fingerprint density at radius 1 is 1.12 bits per heavy atom. The average molecular weight is 324 g/mol. The number of nitrogens with zero attached hydrogens (tertiary/aromatic N) is 1. The molecule has 2 aromatic carbocycles. The highest BCUT2D eigenvalue weighted by molar-refractivity contribution is 6.01. The largest absolute Gasteiger partial charge is 0.482 e. The molecule has 2 rings (SSSR count). The van der Waals surface area contributed by atoms with Gasteiger partial charge in [0.25, 0.3) is 5.91 Å². The van der Waals surface area contributed by atoms with E-state index < -0.39 is 11.9 Å². The molecule has 0 spiro atoms. The average Bonchev–Trinajstić information content (AvgIpc) is 2.61. The smallest absolute Gasteiger partial charge is 0.340 e. The number of anilines is 1.